The largest absolute Gasteiger partial charge is 0.300 e. The second-order valence-electron chi connectivity index (χ2n) is 6.51. The third-order valence-corrected chi connectivity index (χ3v) is 4.98. The van der Waals surface area contributed by atoms with Crippen LogP contribution in [0.4, 0.5) is 0 Å². The summed E-state index contributed by atoms with van der Waals surface area (Å²) in [5.74, 6) is 1.43. The maximum absolute atomic E-state index is 12.2. The molecular formula is C21H28O. The zero-order chi connectivity index (χ0) is 15.9. The van der Waals surface area contributed by atoms with E-state index in [4.69, 9.17) is 0 Å². The number of rotatable bonds is 9. The van der Waals surface area contributed by atoms with Crippen molar-refractivity contribution in [2.45, 2.75) is 52.4 Å². The standard InChI is InChI=1S/C21H28O/c1-4-6-10-20(22)15-19(16(3)5-2)14-18-13-12-17-9-7-8-11-21(17)18/h4,7-9,11,13,16,19H,1,5-6,10,12,14-15H2,2-3H3/t16-,19-/m1/s1. The molecule has 0 heterocycles. The topological polar surface area (TPSA) is 17.1 Å². The number of carbonyl (C=O) groups excluding carboxylic acids is 1. The first-order valence-corrected chi connectivity index (χ1v) is 8.55. The molecule has 0 spiro atoms. The number of fused-ring (bicyclic) bond motifs is 1. The lowest BCUT2D eigenvalue weighted by molar-refractivity contribution is -0.120. The maximum atomic E-state index is 12.2. The van der Waals surface area contributed by atoms with Crippen LogP contribution < -0.4 is 0 Å². The molecule has 1 aliphatic rings. The van der Waals surface area contributed by atoms with Crippen LogP contribution in [0.15, 0.2) is 43.0 Å². The number of carbonyl (C=O) groups is 1. The van der Waals surface area contributed by atoms with Gasteiger partial charge in [-0.25, -0.2) is 0 Å². The molecule has 2 rings (SSSR count). The first-order valence-electron chi connectivity index (χ1n) is 8.55. The van der Waals surface area contributed by atoms with E-state index in [9.17, 15) is 4.79 Å². The van der Waals surface area contributed by atoms with Crippen LogP contribution in [0.3, 0.4) is 0 Å². The summed E-state index contributed by atoms with van der Waals surface area (Å²) in [5.41, 5.74) is 4.27. The zero-order valence-corrected chi connectivity index (χ0v) is 14.0. The highest BCUT2D eigenvalue weighted by molar-refractivity contribution is 5.79. The summed E-state index contributed by atoms with van der Waals surface area (Å²) in [6.07, 6.45) is 9.56. The number of hydrogen-bond acceptors (Lipinski definition) is 1. The van der Waals surface area contributed by atoms with Crippen molar-refractivity contribution in [1.29, 1.82) is 0 Å². The molecule has 1 aromatic carbocycles. The molecule has 118 valence electrons. The molecule has 0 saturated heterocycles. The first-order chi connectivity index (χ1) is 10.7. The SMILES string of the molecule is C=CCCC(=O)C[C@@H](CC1=CCc2ccccc21)[C@H](C)CC. The van der Waals surface area contributed by atoms with Gasteiger partial charge in [-0.3, -0.25) is 4.79 Å². The third kappa shape index (κ3) is 4.19. The fourth-order valence-electron chi connectivity index (χ4n) is 3.30. The normalized spacial score (nSPS) is 15.8. The van der Waals surface area contributed by atoms with Gasteiger partial charge in [0.25, 0.3) is 0 Å². The molecule has 1 aromatic rings. The average Bonchev–Trinajstić information content (AvgIpc) is 2.94. The maximum Gasteiger partial charge on any atom is 0.133 e. The Labute approximate surface area is 135 Å². The van der Waals surface area contributed by atoms with Crippen LogP contribution in [0.25, 0.3) is 5.57 Å². The van der Waals surface area contributed by atoms with Crippen LogP contribution in [0.5, 0.6) is 0 Å². The third-order valence-electron chi connectivity index (χ3n) is 4.98. The first kappa shape index (κ1) is 16.7. The highest BCUT2D eigenvalue weighted by atomic mass is 16.1. The molecule has 0 unspecified atom stereocenters. The van der Waals surface area contributed by atoms with E-state index in [1.807, 2.05) is 6.08 Å². The van der Waals surface area contributed by atoms with Gasteiger partial charge in [-0.1, -0.05) is 56.7 Å². The van der Waals surface area contributed by atoms with Gasteiger partial charge in [-0.15, -0.1) is 6.58 Å². The molecule has 0 saturated carbocycles. The summed E-state index contributed by atoms with van der Waals surface area (Å²) >= 11 is 0. The molecule has 0 aromatic heterocycles. The van der Waals surface area contributed by atoms with E-state index in [1.165, 1.54) is 16.7 Å². The van der Waals surface area contributed by atoms with E-state index in [0.29, 0.717) is 30.5 Å². The summed E-state index contributed by atoms with van der Waals surface area (Å²) < 4.78 is 0. The minimum atomic E-state index is 0.386. The number of benzene rings is 1. The second-order valence-corrected chi connectivity index (χ2v) is 6.51. The van der Waals surface area contributed by atoms with E-state index >= 15 is 0 Å². The van der Waals surface area contributed by atoms with E-state index < -0.39 is 0 Å². The molecular weight excluding hydrogens is 268 g/mol. The summed E-state index contributed by atoms with van der Waals surface area (Å²) in [6, 6.07) is 8.67. The van der Waals surface area contributed by atoms with Crippen molar-refractivity contribution < 1.29 is 4.79 Å². The van der Waals surface area contributed by atoms with Crippen LogP contribution >= 0.6 is 0 Å². The van der Waals surface area contributed by atoms with Crippen molar-refractivity contribution in [2.24, 2.45) is 11.8 Å². The van der Waals surface area contributed by atoms with Gasteiger partial charge in [0, 0.05) is 12.8 Å². The van der Waals surface area contributed by atoms with E-state index in [2.05, 4.69) is 50.8 Å². The van der Waals surface area contributed by atoms with Crippen LogP contribution in [-0.4, -0.2) is 5.78 Å². The number of hydrogen-bond donors (Lipinski definition) is 0. The summed E-state index contributed by atoms with van der Waals surface area (Å²) in [5, 5.41) is 0. The van der Waals surface area contributed by atoms with E-state index in [-0.39, 0.29) is 0 Å². The van der Waals surface area contributed by atoms with Gasteiger partial charge in [0.15, 0.2) is 0 Å². The van der Waals surface area contributed by atoms with Crippen molar-refractivity contribution in [3.63, 3.8) is 0 Å². The number of allylic oxidation sites excluding steroid dienone is 3. The Kier molecular flexibility index (Phi) is 6.18. The summed E-state index contributed by atoms with van der Waals surface area (Å²) in [7, 11) is 0. The monoisotopic (exact) mass is 296 g/mol. The Morgan fingerprint density at radius 1 is 1.36 bits per heavy atom. The molecule has 0 radical (unpaired) electrons. The second kappa shape index (κ2) is 8.12. The Hall–Kier alpha value is -1.63. The van der Waals surface area contributed by atoms with Crippen molar-refractivity contribution in [2.75, 3.05) is 0 Å². The fourth-order valence-corrected chi connectivity index (χ4v) is 3.30. The Morgan fingerprint density at radius 3 is 2.86 bits per heavy atom. The van der Waals surface area contributed by atoms with Crippen LogP contribution in [-0.2, 0) is 11.2 Å². The van der Waals surface area contributed by atoms with Gasteiger partial charge in [-0.05, 0) is 47.8 Å². The molecule has 22 heavy (non-hydrogen) atoms. The van der Waals surface area contributed by atoms with E-state index in [0.717, 1.165) is 25.7 Å². The molecule has 1 heteroatoms. The van der Waals surface area contributed by atoms with Gasteiger partial charge >= 0.3 is 0 Å². The van der Waals surface area contributed by atoms with Gasteiger partial charge in [0.1, 0.15) is 5.78 Å². The van der Waals surface area contributed by atoms with Crippen molar-refractivity contribution >= 4 is 11.4 Å². The Bertz CT molecular complexity index is 553. The predicted molar refractivity (Wildman–Crippen MR) is 94.7 cm³/mol. The number of Topliss-reactive ketones (excluding diaryl/α,β-unsaturated/α-hetero) is 1. The lowest BCUT2D eigenvalue weighted by atomic mass is 9.81. The van der Waals surface area contributed by atoms with Crippen LogP contribution in [0, 0.1) is 11.8 Å². The fraction of sp³-hybridized carbons (Fsp3) is 0.476. The van der Waals surface area contributed by atoms with E-state index in [1.54, 1.807) is 0 Å². The highest BCUT2D eigenvalue weighted by Crippen LogP contribution is 2.36. The lowest BCUT2D eigenvalue weighted by Crippen LogP contribution is -2.16. The Balaban J connectivity index is 2.05. The van der Waals surface area contributed by atoms with Crippen LogP contribution in [0.1, 0.15) is 57.1 Å². The predicted octanol–water partition coefficient (Wildman–Crippen LogP) is 5.60. The van der Waals surface area contributed by atoms with Gasteiger partial charge in [0.2, 0.25) is 0 Å². The Morgan fingerprint density at radius 2 is 2.14 bits per heavy atom. The summed E-state index contributed by atoms with van der Waals surface area (Å²) in [4.78, 5) is 12.2. The molecule has 0 N–H and O–H groups in total. The molecule has 0 fully saturated rings. The average molecular weight is 296 g/mol. The minimum Gasteiger partial charge on any atom is -0.300 e. The molecule has 0 aliphatic heterocycles. The van der Waals surface area contributed by atoms with Gasteiger partial charge in [-0.2, -0.15) is 0 Å². The smallest absolute Gasteiger partial charge is 0.133 e. The molecule has 1 nitrogen and oxygen atoms in total. The molecule has 0 bridgehead atoms. The van der Waals surface area contributed by atoms with Crippen LogP contribution in [0.2, 0.25) is 0 Å². The molecule has 1 aliphatic carbocycles. The van der Waals surface area contributed by atoms with Crippen molar-refractivity contribution in [3.8, 4) is 0 Å². The van der Waals surface area contributed by atoms with Gasteiger partial charge < -0.3 is 0 Å². The lowest BCUT2D eigenvalue weighted by Gasteiger charge is -2.23. The van der Waals surface area contributed by atoms with Crippen molar-refractivity contribution in [3.05, 3.63) is 54.1 Å². The zero-order valence-electron chi connectivity index (χ0n) is 14.0. The number of ketones is 1. The quantitative estimate of drug-likeness (QED) is 0.542. The van der Waals surface area contributed by atoms with Crippen molar-refractivity contribution in [1.82, 2.24) is 0 Å². The molecule has 2 atom stereocenters. The molecule has 0 amide bonds. The van der Waals surface area contributed by atoms with Gasteiger partial charge in [0.05, 0.1) is 0 Å². The minimum absolute atomic E-state index is 0.386. The highest BCUT2D eigenvalue weighted by Gasteiger charge is 2.23. The summed E-state index contributed by atoms with van der Waals surface area (Å²) in [6.45, 7) is 8.22.